The van der Waals surface area contributed by atoms with Crippen molar-refractivity contribution in [2.45, 2.75) is 30.6 Å². The van der Waals surface area contributed by atoms with E-state index < -0.39 is 0 Å². The van der Waals surface area contributed by atoms with Gasteiger partial charge in [0.2, 0.25) is 5.91 Å². The first-order valence-corrected chi connectivity index (χ1v) is 8.67. The number of hydrogen-bond donors (Lipinski definition) is 0. The predicted molar refractivity (Wildman–Crippen MR) is 92.7 cm³/mol. The highest BCUT2D eigenvalue weighted by atomic mass is 35.5. The minimum absolute atomic E-state index is 0.282. The van der Waals surface area contributed by atoms with Crippen LogP contribution >= 0.6 is 11.6 Å². The van der Waals surface area contributed by atoms with Crippen molar-refractivity contribution in [2.75, 3.05) is 13.1 Å². The van der Waals surface area contributed by atoms with E-state index in [2.05, 4.69) is 29.2 Å². The van der Waals surface area contributed by atoms with Gasteiger partial charge in [-0.25, -0.2) is 0 Å². The first-order valence-electron chi connectivity index (χ1n) is 8.29. The van der Waals surface area contributed by atoms with E-state index in [1.54, 1.807) is 0 Å². The quantitative estimate of drug-likeness (QED) is 0.819. The Bertz CT molecular complexity index is 706. The number of likely N-dealkylation sites (tertiary alicyclic amines) is 1. The van der Waals surface area contributed by atoms with Crippen molar-refractivity contribution in [3.8, 4) is 0 Å². The molecule has 2 aromatic carbocycles. The standard InChI is InChI=1S/C20H20ClNO/c21-18-8-6-17(7-9-18)20(11-12-20)19(23)22-13-10-16(14-22)15-4-2-1-3-5-15/h1-9,16H,10-14H2/t16-/m1/s1. The van der Waals surface area contributed by atoms with E-state index in [-0.39, 0.29) is 5.41 Å². The van der Waals surface area contributed by atoms with Gasteiger partial charge < -0.3 is 4.90 Å². The monoisotopic (exact) mass is 325 g/mol. The minimum atomic E-state index is -0.282. The number of amides is 1. The summed E-state index contributed by atoms with van der Waals surface area (Å²) in [5, 5.41) is 0.724. The predicted octanol–water partition coefficient (Wildman–Crippen LogP) is 4.39. The van der Waals surface area contributed by atoms with Gasteiger partial charge in [-0.2, -0.15) is 0 Å². The van der Waals surface area contributed by atoms with Crippen molar-refractivity contribution in [3.63, 3.8) is 0 Å². The van der Waals surface area contributed by atoms with Crippen LogP contribution in [0, 0.1) is 0 Å². The summed E-state index contributed by atoms with van der Waals surface area (Å²) in [7, 11) is 0. The smallest absolute Gasteiger partial charge is 0.233 e. The minimum Gasteiger partial charge on any atom is -0.341 e. The van der Waals surface area contributed by atoms with E-state index in [0.717, 1.165) is 42.9 Å². The van der Waals surface area contributed by atoms with Crippen molar-refractivity contribution < 1.29 is 4.79 Å². The first-order chi connectivity index (χ1) is 11.2. The van der Waals surface area contributed by atoms with Crippen LogP contribution < -0.4 is 0 Å². The van der Waals surface area contributed by atoms with Gasteiger partial charge >= 0.3 is 0 Å². The lowest BCUT2D eigenvalue weighted by atomic mass is 9.94. The van der Waals surface area contributed by atoms with E-state index in [1.165, 1.54) is 5.56 Å². The zero-order valence-corrected chi connectivity index (χ0v) is 13.8. The van der Waals surface area contributed by atoms with Crippen molar-refractivity contribution in [1.29, 1.82) is 0 Å². The highest BCUT2D eigenvalue weighted by Gasteiger charge is 2.53. The van der Waals surface area contributed by atoms with Gasteiger partial charge in [-0.05, 0) is 42.5 Å². The normalized spacial score (nSPS) is 22.1. The summed E-state index contributed by atoms with van der Waals surface area (Å²) in [5.74, 6) is 0.777. The van der Waals surface area contributed by atoms with Crippen LogP contribution in [0.5, 0.6) is 0 Å². The number of benzene rings is 2. The molecule has 2 aliphatic rings. The molecule has 1 amide bonds. The largest absolute Gasteiger partial charge is 0.341 e. The number of hydrogen-bond acceptors (Lipinski definition) is 1. The van der Waals surface area contributed by atoms with Crippen molar-refractivity contribution in [2.24, 2.45) is 0 Å². The Morgan fingerprint density at radius 1 is 1.04 bits per heavy atom. The van der Waals surface area contributed by atoms with Crippen LogP contribution in [0.15, 0.2) is 54.6 Å². The summed E-state index contributed by atoms with van der Waals surface area (Å²) in [5.41, 5.74) is 2.19. The molecule has 0 bridgehead atoms. The van der Waals surface area contributed by atoms with E-state index in [4.69, 9.17) is 11.6 Å². The molecule has 0 spiro atoms. The molecule has 0 aromatic heterocycles. The molecule has 1 aliphatic carbocycles. The summed E-state index contributed by atoms with van der Waals surface area (Å²) < 4.78 is 0. The molecule has 2 aromatic rings. The number of halogens is 1. The Kier molecular flexibility index (Phi) is 3.65. The molecule has 1 atom stereocenters. The SMILES string of the molecule is O=C(N1CC[C@@H](c2ccccc2)C1)C1(c2ccc(Cl)cc2)CC1. The zero-order valence-electron chi connectivity index (χ0n) is 13.0. The van der Waals surface area contributed by atoms with Crippen molar-refractivity contribution in [1.82, 2.24) is 4.90 Å². The molecular formula is C20H20ClNO. The van der Waals surface area contributed by atoms with Crippen LogP contribution in [0.2, 0.25) is 5.02 Å². The van der Waals surface area contributed by atoms with Gasteiger partial charge in [0.25, 0.3) is 0 Å². The fourth-order valence-electron chi connectivity index (χ4n) is 3.76. The number of nitrogens with zero attached hydrogens (tertiary/aromatic N) is 1. The molecule has 1 saturated carbocycles. The molecule has 2 nitrogen and oxygen atoms in total. The highest BCUT2D eigenvalue weighted by Crippen LogP contribution is 2.50. The van der Waals surface area contributed by atoms with Crippen LogP contribution in [0.25, 0.3) is 0 Å². The summed E-state index contributed by atoms with van der Waals surface area (Å²) in [4.78, 5) is 15.2. The number of carbonyl (C=O) groups excluding carboxylic acids is 1. The van der Waals surface area contributed by atoms with Crippen molar-refractivity contribution in [3.05, 3.63) is 70.7 Å². The molecule has 0 N–H and O–H groups in total. The summed E-state index contributed by atoms with van der Waals surface area (Å²) in [6.45, 7) is 1.71. The second-order valence-electron chi connectivity index (χ2n) is 6.74. The molecule has 4 rings (SSSR count). The van der Waals surface area contributed by atoms with Gasteiger partial charge in [0, 0.05) is 24.0 Å². The first kappa shape index (κ1) is 14.8. The molecule has 2 fully saturated rings. The van der Waals surface area contributed by atoms with Crippen LogP contribution in [0.4, 0.5) is 0 Å². The molecule has 3 heteroatoms. The summed E-state index contributed by atoms with van der Waals surface area (Å²) in [6, 6.07) is 18.3. The third-order valence-electron chi connectivity index (χ3n) is 5.30. The average Bonchev–Trinajstić information content (AvgIpc) is 3.25. The van der Waals surface area contributed by atoms with Crippen molar-refractivity contribution >= 4 is 17.5 Å². The lowest BCUT2D eigenvalue weighted by Crippen LogP contribution is -2.37. The van der Waals surface area contributed by atoms with Crippen LogP contribution in [-0.4, -0.2) is 23.9 Å². The van der Waals surface area contributed by atoms with E-state index >= 15 is 0 Å². The maximum atomic E-state index is 13.1. The molecule has 1 heterocycles. The highest BCUT2D eigenvalue weighted by molar-refractivity contribution is 6.30. The van der Waals surface area contributed by atoms with Gasteiger partial charge in [0.1, 0.15) is 0 Å². The number of carbonyl (C=O) groups is 1. The Morgan fingerprint density at radius 2 is 1.74 bits per heavy atom. The Hall–Kier alpha value is -1.80. The van der Waals surface area contributed by atoms with Crippen LogP contribution in [0.3, 0.4) is 0 Å². The maximum absolute atomic E-state index is 13.1. The third kappa shape index (κ3) is 2.66. The van der Waals surface area contributed by atoms with Crippen LogP contribution in [-0.2, 0) is 10.2 Å². The lowest BCUT2D eigenvalue weighted by molar-refractivity contribution is -0.132. The molecule has 1 saturated heterocycles. The third-order valence-corrected chi connectivity index (χ3v) is 5.55. The average molecular weight is 326 g/mol. The topological polar surface area (TPSA) is 20.3 Å². The molecule has 0 radical (unpaired) electrons. The molecular weight excluding hydrogens is 306 g/mol. The van der Waals surface area contributed by atoms with E-state index in [1.807, 2.05) is 30.3 Å². The second kappa shape index (κ2) is 5.68. The summed E-state index contributed by atoms with van der Waals surface area (Å²) in [6.07, 6.45) is 2.98. The Balaban J connectivity index is 1.51. The molecule has 23 heavy (non-hydrogen) atoms. The van der Waals surface area contributed by atoms with Gasteiger partial charge in [0.05, 0.1) is 5.41 Å². The zero-order chi connectivity index (χ0) is 15.9. The van der Waals surface area contributed by atoms with Crippen LogP contribution in [0.1, 0.15) is 36.3 Å². The second-order valence-corrected chi connectivity index (χ2v) is 7.17. The van der Waals surface area contributed by atoms with E-state index in [0.29, 0.717) is 11.8 Å². The summed E-state index contributed by atoms with van der Waals surface area (Å²) >= 11 is 5.98. The Labute approximate surface area is 142 Å². The lowest BCUT2D eigenvalue weighted by Gasteiger charge is -2.24. The van der Waals surface area contributed by atoms with Gasteiger partial charge in [-0.15, -0.1) is 0 Å². The maximum Gasteiger partial charge on any atom is 0.233 e. The molecule has 1 aliphatic heterocycles. The fraction of sp³-hybridized carbons (Fsp3) is 0.350. The van der Waals surface area contributed by atoms with Gasteiger partial charge in [-0.1, -0.05) is 54.1 Å². The fourth-order valence-corrected chi connectivity index (χ4v) is 3.89. The van der Waals surface area contributed by atoms with E-state index in [9.17, 15) is 4.79 Å². The Morgan fingerprint density at radius 3 is 2.39 bits per heavy atom. The van der Waals surface area contributed by atoms with Gasteiger partial charge in [0.15, 0.2) is 0 Å². The molecule has 118 valence electrons. The number of rotatable bonds is 3. The molecule has 0 unspecified atom stereocenters. The van der Waals surface area contributed by atoms with Gasteiger partial charge in [-0.3, -0.25) is 4.79 Å².